The average Bonchev–Trinajstić information content (AvgIpc) is 3.80. The zero-order chi connectivity index (χ0) is 36.7. The third-order valence-corrected chi connectivity index (χ3v) is 17.1. The number of anilines is 2. The lowest BCUT2D eigenvalue weighted by molar-refractivity contribution is -0.217. The fourth-order valence-electron chi connectivity index (χ4n) is 5.86. The number of fused-ring (bicyclic) bond motifs is 4. The summed E-state index contributed by atoms with van der Waals surface area (Å²) in [5, 5.41) is 11.1. The molecule has 0 spiro atoms. The van der Waals surface area contributed by atoms with Crippen LogP contribution in [0.3, 0.4) is 0 Å². The van der Waals surface area contributed by atoms with Gasteiger partial charge in [0, 0.05) is 0 Å². The van der Waals surface area contributed by atoms with Gasteiger partial charge in [-0.2, -0.15) is 0 Å². The Labute approximate surface area is 302 Å². The molecule has 3 saturated heterocycles. The molecule has 2 unspecified atom stereocenters. The molecule has 0 amide bonds. The first-order valence-corrected chi connectivity index (χ1v) is 23.8. The van der Waals surface area contributed by atoms with E-state index in [2.05, 4.69) is 62.9 Å². The molecule has 4 aromatic heterocycles. The van der Waals surface area contributed by atoms with Crippen LogP contribution >= 0.6 is 25.8 Å². The molecule has 0 aromatic carbocycles. The van der Waals surface area contributed by atoms with E-state index >= 15 is 0 Å². The predicted molar refractivity (Wildman–Crippen MR) is 188 cm³/mol. The molecule has 3 aliphatic heterocycles. The quantitative estimate of drug-likeness (QED) is 0.130. The lowest BCUT2D eigenvalue weighted by Gasteiger charge is -2.42. The van der Waals surface area contributed by atoms with Crippen molar-refractivity contribution in [1.82, 2.24) is 39.0 Å². The van der Waals surface area contributed by atoms with Crippen molar-refractivity contribution in [3.63, 3.8) is 0 Å². The summed E-state index contributed by atoms with van der Waals surface area (Å²) in [4.78, 5) is 39.1. The molecule has 0 aliphatic carbocycles. The summed E-state index contributed by atoms with van der Waals surface area (Å²) in [6.07, 6.45) is -4.24. The number of aliphatic hydroxyl groups is 1. The highest BCUT2D eigenvalue weighted by atomic mass is 32.7. The van der Waals surface area contributed by atoms with Gasteiger partial charge in [0.1, 0.15) is 67.0 Å². The van der Waals surface area contributed by atoms with Crippen molar-refractivity contribution in [3.05, 3.63) is 25.3 Å². The molecule has 25 heteroatoms. The fourth-order valence-corrected chi connectivity index (χ4v) is 10.1. The largest absolute Gasteiger partial charge is 0.780 e. The Kier molecular flexibility index (Phi) is 9.66. The highest BCUT2D eigenvalue weighted by Crippen LogP contribution is 2.58. The van der Waals surface area contributed by atoms with Gasteiger partial charge in [0.25, 0.3) is 0 Å². The molecule has 4 aromatic rings. The van der Waals surface area contributed by atoms with E-state index in [0.717, 1.165) is 0 Å². The van der Waals surface area contributed by atoms with Crippen LogP contribution in [0.5, 0.6) is 0 Å². The highest BCUT2D eigenvalue weighted by molar-refractivity contribution is 8.44. The topological polar surface area (TPSA) is 264 Å². The maximum atomic E-state index is 14.0. The number of imidazole rings is 2. The van der Waals surface area contributed by atoms with Crippen molar-refractivity contribution < 1.29 is 46.6 Å². The van der Waals surface area contributed by atoms with Gasteiger partial charge in [0.05, 0.1) is 25.9 Å². The van der Waals surface area contributed by atoms with Crippen LogP contribution in [0, 0.1) is 0 Å². The van der Waals surface area contributed by atoms with Crippen molar-refractivity contribution in [3.8, 4) is 0 Å². The fraction of sp³-hybridized carbons (Fsp3) is 0.615. The lowest BCUT2D eigenvalue weighted by Crippen LogP contribution is -2.49. The molecule has 7 rings (SSSR count). The first kappa shape index (κ1) is 37.1. The maximum absolute atomic E-state index is 14.0. The molecule has 0 bridgehead atoms. The zero-order valence-corrected chi connectivity index (χ0v) is 32.4. The Morgan fingerprint density at radius 2 is 1.45 bits per heavy atom. The number of ether oxygens (including phenoxy) is 2. The van der Waals surface area contributed by atoms with E-state index in [1.54, 1.807) is 4.57 Å². The number of hydrogen-bond acceptors (Lipinski definition) is 19. The van der Waals surface area contributed by atoms with E-state index in [4.69, 9.17) is 55.3 Å². The van der Waals surface area contributed by atoms with Gasteiger partial charge in [0.15, 0.2) is 43.7 Å². The molecular formula is C26H37N10O10P2S2Si-. The Hall–Kier alpha value is -2.21. The van der Waals surface area contributed by atoms with Gasteiger partial charge in [-0.25, -0.2) is 34.5 Å². The average molecular weight is 804 g/mol. The molecule has 7 heterocycles. The van der Waals surface area contributed by atoms with Gasteiger partial charge in [-0.05, 0) is 18.1 Å². The second-order valence-electron chi connectivity index (χ2n) is 13.8. The third-order valence-electron chi connectivity index (χ3n) is 9.46. The molecule has 278 valence electrons. The highest BCUT2D eigenvalue weighted by Gasteiger charge is 2.55. The summed E-state index contributed by atoms with van der Waals surface area (Å²) in [5.74, 6) is 0.261. The Balaban J connectivity index is 1.23. The molecule has 3 aliphatic rings. The summed E-state index contributed by atoms with van der Waals surface area (Å²) in [7, 11) is -2.63. The number of hydrogen-bond donors (Lipinski definition) is 4. The van der Waals surface area contributed by atoms with Crippen molar-refractivity contribution in [1.29, 1.82) is 0 Å². The van der Waals surface area contributed by atoms with Crippen LogP contribution in [0.2, 0.25) is 18.1 Å². The smallest absolute Gasteiger partial charge is 0.386 e. The van der Waals surface area contributed by atoms with Crippen LogP contribution < -0.4 is 16.4 Å². The van der Waals surface area contributed by atoms with E-state index in [1.165, 1.54) is 29.9 Å². The molecule has 3 fully saturated rings. The Bertz CT molecular complexity index is 2050. The van der Waals surface area contributed by atoms with Crippen LogP contribution in [0.25, 0.3) is 22.3 Å². The van der Waals surface area contributed by atoms with E-state index < -0.39 is 84.1 Å². The summed E-state index contributed by atoms with van der Waals surface area (Å²) in [6, 6.07) is 0. The second kappa shape index (κ2) is 13.3. The summed E-state index contributed by atoms with van der Waals surface area (Å²) in [5.41, 5.74) is 13.2. The van der Waals surface area contributed by atoms with E-state index in [1.807, 2.05) is 13.1 Å². The number of nitrogen functional groups attached to an aromatic ring is 2. The SMILES string of the molecule is CC(C)(C)[Si](C)(C)O[C@@H]1[C@@H]2OP([O-])(=S)OC[C@H]3O[C@@H](n4cnc5c(N)ncnc54)[C@H](O)[C@@H]3OP(=O)(S)OC[C@H]2O[C@H]1n1cnc2c(N)ncnc21. The number of rotatable bonds is 4. The number of nitrogens with two attached hydrogens (primary N) is 2. The second-order valence-corrected chi connectivity index (χ2v) is 24.1. The van der Waals surface area contributed by atoms with Gasteiger partial charge in [-0.1, -0.05) is 44.8 Å². The van der Waals surface area contributed by atoms with Gasteiger partial charge in [-0.15, -0.1) is 0 Å². The van der Waals surface area contributed by atoms with Crippen molar-refractivity contribution in [2.75, 3.05) is 24.7 Å². The minimum atomic E-state index is -4.39. The van der Waals surface area contributed by atoms with Crippen molar-refractivity contribution in [2.24, 2.45) is 0 Å². The minimum absolute atomic E-state index is 0.110. The zero-order valence-electron chi connectivity index (χ0n) is 27.9. The Morgan fingerprint density at radius 1 is 0.922 bits per heavy atom. The van der Waals surface area contributed by atoms with Crippen molar-refractivity contribution >= 4 is 79.9 Å². The van der Waals surface area contributed by atoms with Crippen LogP contribution in [0.4, 0.5) is 11.6 Å². The molecule has 10 atom stereocenters. The van der Waals surface area contributed by atoms with Gasteiger partial charge in [0.2, 0.25) is 0 Å². The van der Waals surface area contributed by atoms with Crippen LogP contribution in [0.1, 0.15) is 33.2 Å². The summed E-state index contributed by atoms with van der Waals surface area (Å²) in [6.45, 7) is 0.553. The first-order chi connectivity index (χ1) is 23.9. The van der Waals surface area contributed by atoms with Crippen LogP contribution in [0.15, 0.2) is 25.3 Å². The minimum Gasteiger partial charge on any atom is -0.780 e. The molecule has 0 radical (unpaired) electrons. The normalized spacial score (nSPS) is 35.4. The third kappa shape index (κ3) is 6.98. The number of aliphatic hydroxyl groups excluding tert-OH is 1. The molecule has 20 nitrogen and oxygen atoms in total. The van der Waals surface area contributed by atoms with Crippen molar-refractivity contribution in [2.45, 2.75) is 88.0 Å². The maximum Gasteiger partial charge on any atom is 0.386 e. The van der Waals surface area contributed by atoms with E-state index in [9.17, 15) is 14.6 Å². The molecular weight excluding hydrogens is 767 g/mol. The first-order valence-electron chi connectivity index (χ1n) is 15.7. The lowest BCUT2D eigenvalue weighted by atomic mass is 10.1. The number of thiol groups is 1. The number of nitrogens with zero attached hydrogens (tertiary/aromatic N) is 8. The van der Waals surface area contributed by atoms with Gasteiger partial charge < -0.3 is 44.4 Å². The van der Waals surface area contributed by atoms with Gasteiger partial charge >= 0.3 is 6.80 Å². The molecule has 5 N–H and O–H groups in total. The van der Waals surface area contributed by atoms with E-state index in [-0.39, 0.29) is 27.8 Å². The standard InChI is InChI=1S/C26H38N10O10P2S2Si/c1-26(2,3)51(4,5)46-19-18-13(43-25(19)36-11-34-15-21(28)30-9-32-23(15)36)7-41-47(38,49)44-17-12(6-40-48(39,50)45-18)42-24(16(17)37)35-10-33-14-20(27)29-8-31-22(14)35/h8-13,16-19,24-25,37H,6-7H2,1-5H3,(H,38,49)(H,39,50)(H2,27,29,31)(H2,28,30,32)/p-1/t12-,13-,16-,17-,18-,19-,24-,25-,47?,48?/m1/s1. The molecule has 0 saturated carbocycles. The predicted octanol–water partition coefficient (Wildman–Crippen LogP) is 1.82. The monoisotopic (exact) mass is 803 g/mol. The Morgan fingerprint density at radius 3 is 2.04 bits per heavy atom. The summed E-state index contributed by atoms with van der Waals surface area (Å²) < 4.78 is 59.7. The van der Waals surface area contributed by atoms with E-state index in [0.29, 0.717) is 11.2 Å². The number of aromatic nitrogens is 8. The van der Waals surface area contributed by atoms with Gasteiger partial charge in [-0.3, -0.25) is 18.2 Å². The summed E-state index contributed by atoms with van der Waals surface area (Å²) >= 11 is 9.63. The molecule has 51 heavy (non-hydrogen) atoms. The van der Waals surface area contributed by atoms with Crippen LogP contribution in [-0.2, 0) is 48.4 Å². The van der Waals surface area contributed by atoms with Crippen LogP contribution in [-0.4, -0.2) is 102 Å².